The number of sulfonamides is 1. The lowest BCUT2D eigenvalue weighted by atomic mass is 9.95. The Bertz CT molecular complexity index is 1030. The summed E-state index contributed by atoms with van der Waals surface area (Å²) >= 11 is 0. The average molecular weight is 444 g/mol. The van der Waals surface area contributed by atoms with E-state index in [1.807, 2.05) is 43.3 Å². The number of piperidine rings is 1. The van der Waals surface area contributed by atoms with Crippen molar-refractivity contribution in [1.29, 1.82) is 0 Å². The van der Waals surface area contributed by atoms with Crippen LogP contribution in [0, 0.1) is 19.8 Å². The van der Waals surface area contributed by atoms with Gasteiger partial charge in [-0.05, 0) is 50.5 Å². The summed E-state index contributed by atoms with van der Waals surface area (Å²) in [6.07, 6.45) is 1.28. The van der Waals surface area contributed by atoms with Crippen LogP contribution in [-0.2, 0) is 19.6 Å². The van der Waals surface area contributed by atoms with E-state index in [0.717, 1.165) is 11.3 Å². The largest absolute Gasteiger partial charge is 0.343 e. The third-order valence-electron chi connectivity index (χ3n) is 5.51. The molecule has 1 saturated heterocycles. The molecule has 2 amide bonds. The van der Waals surface area contributed by atoms with E-state index >= 15 is 0 Å². The van der Waals surface area contributed by atoms with Crippen molar-refractivity contribution in [1.82, 2.24) is 9.62 Å². The van der Waals surface area contributed by atoms with Crippen LogP contribution in [0.25, 0.3) is 0 Å². The smallest absolute Gasteiger partial charge is 0.240 e. The number of benzene rings is 2. The summed E-state index contributed by atoms with van der Waals surface area (Å²) in [7, 11) is -3.66. The molecule has 1 aliphatic heterocycles. The van der Waals surface area contributed by atoms with Gasteiger partial charge in [-0.3, -0.25) is 9.59 Å². The van der Waals surface area contributed by atoms with Crippen LogP contribution in [0.2, 0.25) is 0 Å². The van der Waals surface area contributed by atoms with Crippen molar-refractivity contribution in [2.75, 3.05) is 25.0 Å². The number of carbonyl (C=O) groups excluding carboxylic acids is 2. The van der Waals surface area contributed by atoms with Gasteiger partial charge in [0.2, 0.25) is 21.8 Å². The van der Waals surface area contributed by atoms with Gasteiger partial charge < -0.3 is 10.2 Å². The summed E-state index contributed by atoms with van der Waals surface area (Å²) in [5.74, 6) is -0.267. The zero-order chi connectivity index (χ0) is 22.4. The summed E-state index contributed by atoms with van der Waals surface area (Å²) in [6.45, 7) is 4.70. The van der Waals surface area contributed by atoms with Gasteiger partial charge in [-0.1, -0.05) is 35.9 Å². The molecular weight excluding hydrogens is 414 g/mol. The van der Waals surface area contributed by atoms with Crippen LogP contribution < -0.4 is 10.0 Å². The fourth-order valence-electron chi connectivity index (χ4n) is 3.79. The molecule has 0 spiro atoms. The lowest BCUT2D eigenvalue weighted by Gasteiger charge is -2.31. The Kier molecular flexibility index (Phi) is 7.46. The van der Waals surface area contributed by atoms with Gasteiger partial charge in [-0.15, -0.1) is 0 Å². The molecular formula is C23H29N3O4S. The Morgan fingerprint density at radius 2 is 1.71 bits per heavy atom. The molecule has 2 N–H and O–H groups in total. The highest BCUT2D eigenvalue weighted by molar-refractivity contribution is 7.89. The second-order valence-corrected chi connectivity index (χ2v) is 9.66. The zero-order valence-electron chi connectivity index (χ0n) is 17.9. The van der Waals surface area contributed by atoms with E-state index in [1.165, 1.54) is 0 Å². The van der Waals surface area contributed by atoms with Gasteiger partial charge >= 0.3 is 0 Å². The molecule has 1 fully saturated rings. The number of rotatable bonds is 7. The van der Waals surface area contributed by atoms with Crippen LogP contribution in [0.3, 0.4) is 0 Å². The predicted molar refractivity (Wildman–Crippen MR) is 120 cm³/mol. The van der Waals surface area contributed by atoms with E-state index in [2.05, 4.69) is 10.0 Å². The molecule has 0 radical (unpaired) electrons. The molecule has 7 nitrogen and oxygen atoms in total. The van der Waals surface area contributed by atoms with Crippen LogP contribution in [0.1, 0.15) is 30.4 Å². The summed E-state index contributed by atoms with van der Waals surface area (Å²) in [4.78, 5) is 26.8. The lowest BCUT2D eigenvalue weighted by molar-refractivity contribution is -0.134. The number of likely N-dealkylation sites (tertiary alicyclic amines) is 1. The number of nitrogens with one attached hydrogen (secondary N) is 2. The second-order valence-electron chi connectivity index (χ2n) is 7.93. The maximum Gasteiger partial charge on any atom is 0.240 e. The summed E-state index contributed by atoms with van der Waals surface area (Å²) < 4.78 is 27.5. The molecule has 0 unspecified atom stereocenters. The molecule has 166 valence electrons. The minimum Gasteiger partial charge on any atom is -0.343 e. The predicted octanol–water partition coefficient (Wildman–Crippen LogP) is 2.85. The molecule has 1 heterocycles. The maximum absolute atomic E-state index is 12.5. The highest BCUT2D eigenvalue weighted by atomic mass is 32.2. The topological polar surface area (TPSA) is 95.6 Å². The van der Waals surface area contributed by atoms with Crippen LogP contribution in [0.4, 0.5) is 5.69 Å². The van der Waals surface area contributed by atoms with Crippen molar-refractivity contribution in [3.63, 3.8) is 0 Å². The number of carbonyl (C=O) groups is 2. The van der Waals surface area contributed by atoms with E-state index in [9.17, 15) is 18.0 Å². The van der Waals surface area contributed by atoms with Gasteiger partial charge in [0.05, 0.1) is 4.90 Å². The highest BCUT2D eigenvalue weighted by Gasteiger charge is 2.27. The Morgan fingerprint density at radius 3 is 2.35 bits per heavy atom. The van der Waals surface area contributed by atoms with E-state index in [4.69, 9.17) is 0 Å². The number of hydrogen-bond acceptors (Lipinski definition) is 4. The van der Waals surface area contributed by atoms with Gasteiger partial charge in [0.1, 0.15) is 0 Å². The molecule has 0 atom stereocenters. The number of para-hydroxylation sites is 1. The van der Waals surface area contributed by atoms with Crippen molar-refractivity contribution in [3.05, 3.63) is 59.7 Å². The quantitative estimate of drug-likeness (QED) is 0.688. The first-order chi connectivity index (χ1) is 14.8. The second kappa shape index (κ2) is 10.1. The minimum absolute atomic E-state index is 0.0282. The van der Waals surface area contributed by atoms with E-state index in [1.54, 1.807) is 24.0 Å². The zero-order valence-corrected chi connectivity index (χ0v) is 18.7. The monoisotopic (exact) mass is 443 g/mol. The van der Waals surface area contributed by atoms with Crippen molar-refractivity contribution < 1.29 is 18.0 Å². The van der Waals surface area contributed by atoms with E-state index < -0.39 is 10.0 Å². The van der Waals surface area contributed by atoms with Crippen LogP contribution in [-0.4, -0.2) is 44.8 Å². The molecule has 0 bridgehead atoms. The molecule has 2 aromatic carbocycles. The Hall–Kier alpha value is -2.71. The number of amides is 2. The van der Waals surface area contributed by atoms with Gasteiger partial charge in [0.25, 0.3) is 0 Å². The van der Waals surface area contributed by atoms with Crippen molar-refractivity contribution in [2.45, 2.75) is 38.0 Å². The number of aryl methyl sites for hydroxylation is 2. The van der Waals surface area contributed by atoms with Crippen molar-refractivity contribution >= 4 is 27.5 Å². The number of hydrogen-bond donors (Lipinski definition) is 2. The summed E-state index contributed by atoms with van der Waals surface area (Å²) in [5.41, 5.74) is 2.43. The van der Waals surface area contributed by atoms with Gasteiger partial charge in [0.15, 0.2) is 0 Å². The molecule has 31 heavy (non-hydrogen) atoms. The standard InChI is InChI=1S/C23H29N3O4S/c1-17-8-9-21(18(2)16-17)31(29,30)24-13-10-22(27)26-14-11-19(12-15-26)23(28)25-20-6-4-3-5-7-20/h3-9,16,19,24H,10-15H2,1-2H3,(H,25,28). The normalized spacial score (nSPS) is 15.0. The van der Waals surface area contributed by atoms with E-state index in [-0.39, 0.29) is 35.6 Å². The molecule has 8 heteroatoms. The average Bonchev–Trinajstić information content (AvgIpc) is 2.74. The first-order valence-electron chi connectivity index (χ1n) is 10.5. The van der Waals surface area contributed by atoms with Gasteiger partial charge in [-0.2, -0.15) is 0 Å². The fourth-order valence-corrected chi connectivity index (χ4v) is 5.04. The van der Waals surface area contributed by atoms with Crippen molar-refractivity contribution in [3.8, 4) is 0 Å². The molecule has 0 aliphatic carbocycles. The van der Waals surface area contributed by atoms with E-state index in [0.29, 0.717) is 31.5 Å². The summed E-state index contributed by atoms with van der Waals surface area (Å²) in [5, 5.41) is 2.91. The molecule has 3 rings (SSSR count). The SMILES string of the molecule is Cc1ccc(S(=O)(=O)NCCC(=O)N2CCC(C(=O)Nc3ccccc3)CC2)c(C)c1. The first-order valence-corrected chi connectivity index (χ1v) is 12.0. The number of nitrogens with zero attached hydrogens (tertiary/aromatic N) is 1. The summed E-state index contributed by atoms with van der Waals surface area (Å²) in [6, 6.07) is 14.5. The molecule has 1 aliphatic rings. The molecule has 0 aromatic heterocycles. The third kappa shape index (κ3) is 6.15. The minimum atomic E-state index is -3.66. The third-order valence-corrected chi connectivity index (χ3v) is 7.13. The molecule has 2 aromatic rings. The number of anilines is 1. The van der Waals surface area contributed by atoms with Crippen LogP contribution >= 0.6 is 0 Å². The maximum atomic E-state index is 12.5. The fraction of sp³-hybridized carbons (Fsp3) is 0.391. The van der Waals surface area contributed by atoms with Gasteiger partial charge in [0, 0.05) is 37.7 Å². The molecule has 0 saturated carbocycles. The van der Waals surface area contributed by atoms with Gasteiger partial charge in [-0.25, -0.2) is 13.1 Å². The van der Waals surface area contributed by atoms with Crippen LogP contribution in [0.5, 0.6) is 0 Å². The lowest BCUT2D eigenvalue weighted by Crippen LogP contribution is -2.42. The highest BCUT2D eigenvalue weighted by Crippen LogP contribution is 2.20. The first kappa shape index (κ1) is 23.0. The Labute approximate surface area is 183 Å². The Morgan fingerprint density at radius 1 is 1.03 bits per heavy atom. The van der Waals surface area contributed by atoms with Crippen LogP contribution in [0.15, 0.2) is 53.4 Å². The van der Waals surface area contributed by atoms with Crippen molar-refractivity contribution in [2.24, 2.45) is 5.92 Å². The Balaban J connectivity index is 1.44.